The van der Waals surface area contributed by atoms with Crippen LogP contribution in [0.15, 0.2) is 24.3 Å². The minimum atomic E-state index is -0.265. The second-order valence-electron chi connectivity index (χ2n) is 4.56. The molecule has 0 saturated carbocycles. The largest absolute Gasteiger partial charge is 0.377 e. The quantitative estimate of drug-likeness (QED) is 0.828. The van der Waals surface area contributed by atoms with E-state index in [9.17, 15) is 0 Å². The van der Waals surface area contributed by atoms with Crippen molar-refractivity contribution in [2.75, 3.05) is 13.7 Å². The van der Waals surface area contributed by atoms with Crippen molar-refractivity contribution in [2.24, 2.45) is 5.73 Å². The molecule has 1 atom stereocenters. The van der Waals surface area contributed by atoms with Gasteiger partial charge in [0.2, 0.25) is 0 Å². The lowest BCUT2D eigenvalue weighted by atomic mass is 10.00. The first kappa shape index (κ1) is 12.1. The molecular weight excluding hydrogens is 214 g/mol. The van der Waals surface area contributed by atoms with Gasteiger partial charge in [-0.15, -0.1) is 0 Å². The molecule has 0 fully saturated rings. The third-order valence-electron chi connectivity index (χ3n) is 3.25. The normalized spacial score (nSPS) is 15.0. The topological polar surface area (TPSA) is 63.9 Å². The van der Waals surface area contributed by atoms with Gasteiger partial charge in [0.05, 0.1) is 16.6 Å². The highest BCUT2D eigenvalue weighted by molar-refractivity contribution is 5.74. The second-order valence-corrected chi connectivity index (χ2v) is 4.56. The van der Waals surface area contributed by atoms with E-state index in [2.05, 4.69) is 9.97 Å². The average Bonchev–Trinajstić information content (AvgIpc) is 2.79. The number of hydrogen-bond acceptors (Lipinski definition) is 3. The third-order valence-corrected chi connectivity index (χ3v) is 3.25. The molecule has 4 heteroatoms. The number of nitrogens with zero attached hydrogens (tertiary/aromatic N) is 1. The smallest absolute Gasteiger partial charge is 0.107 e. The Balaban J connectivity index is 2.09. The fourth-order valence-electron chi connectivity index (χ4n) is 1.79. The molecule has 0 spiro atoms. The lowest BCUT2D eigenvalue weighted by Crippen LogP contribution is -2.37. The molecule has 0 radical (unpaired) electrons. The molecule has 2 aromatic rings. The number of hydrogen-bond donors (Lipinski definition) is 2. The van der Waals surface area contributed by atoms with Gasteiger partial charge in [-0.2, -0.15) is 0 Å². The van der Waals surface area contributed by atoms with Crippen LogP contribution in [0.5, 0.6) is 0 Å². The number of fused-ring (bicyclic) bond motifs is 1. The molecule has 17 heavy (non-hydrogen) atoms. The van der Waals surface area contributed by atoms with Crippen LogP contribution in [-0.4, -0.2) is 29.2 Å². The van der Waals surface area contributed by atoms with Gasteiger partial charge in [0.25, 0.3) is 0 Å². The van der Waals surface area contributed by atoms with Crippen LogP contribution < -0.4 is 5.73 Å². The number of ether oxygens (including phenoxy) is 1. The van der Waals surface area contributed by atoms with Gasteiger partial charge in [0.1, 0.15) is 5.82 Å². The number of aromatic amines is 1. The van der Waals surface area contributed by atoms with Crippen LogP contribution in [0.3, 0.4) is 0 Å². The van der Waals surface area contributed by atoms with Gasteiger partial charge in [-0.1, -0.05) is 12.1 Å². The van der Waals surface area contributed by atoms with E-state index in [1.165, 1.54) is 0 Å². The summed E-state index contributed by atoms with van der Waals surface area (Å²) in [5.74, 6) is 0.989. The number of para-hydroxylation sites is 2. The number of aromatic nitrogens is 2. The van der Waals surface area contributed by atoms with Gasteiger partial charge in [0, 0.05) is 20.1 Å². The first-order valence-electron chi connectivity index (χ1n) is 5.86. The molecule has 0 amide bonds. The maximum Gasteiger partial charge on any atom is 0.107 e. The molecule has 1 aromatic heterocycles. The van der Waals surface area contributed by atoms with Gasteiger partial charge >= 0.3 is 0 Å². The first-order valence-corrected chi connectivity index (χ1v) is 5.86. The van der Waals surface area contributed by atoms with Crippen LogP contribution in [0.1, 0.15) is 19.2 Å². The summed E-state index contributed by atoms with van der Waals surface area (Å²) in [6.45, 7) is 2.54. The van der Waals surface area contributed by atoms with E-state index in [4.69, 9.17) is 10.5 Å². The van der Waals surface area contributed by atoms with Crippen LogP contribution in [0.25, 0.3) is 11.0 Å². The van der Waals surface area contributed by atoms with Crippen molar-refractivity contribution < 1.29 is 4.74 Å². The molecule has 0 aliphatic carbocycles. The lowest BCUT2D eigenvalue weighted by molar-refractivity contribution is 0.00670. The molecule has 2 rings (SSSR count). The summed E-state index contributed by atoms with van der Waals surface area (Å²) in [6, 6.07) is 8.04. The summed E-state index contributed by atoms with van der Waals surface area (Å²) in [5.41, 5.74) is 7.52. The Morgan fingerprint density at radius 3 is 2.82 bits per heavy atom. The molecule has 0 aliphatic rings. The van der Waals surface area contributed by atoms with Gasteiger partial charge in [-0.25, -0.2) is 4.98 Å². The number of H-pyrrole nitrogens is 1. The number of nitrogens with two attached hydrogens (primary N) is 1. The maximum absolute atomic E-state index is 5.70. The lowest BCUT2D eigenvalue weighted by Gasteiger charge is -2.25. The van der Waals surface area contributed by atoms with E-state index in [0.29, 0.717) is 6.54 Å². The first-order chi connectivity index (χ1) is 8.17. The van der Waals surface area contributed by atoms with Crippen molar-refractivity contribution in [2.45, 2.75) is 25.4 Å². The molecule has 0 saturated heterocycles. The van der Waals surface area contributed by atoms with Crippen LogP contribution in [0, 0.1) is 0 Å². The maximum atomic E-state index is 5.70. The predicted molar refractivity (Wildman–Crippen MR) is 68.9 cm³/mol. The van der Waals surface area contributed by atoms with Crippen LogP contribution in [0.4, 0.5) is 0 Å². The van der Waals surface area contributed by atoms with Crippen LogP contribution in [0.2, 0.25) is 0 Å². The molecule has 4 nitrogen and oxygen atoms in total. The Hall–Kier alpha value is -1.39. The van der Waals surface area contributed by atoms with Crippen molar-refractivity contribution in [1.29, 1.82) is 0 Å². The summed E-state index contributed by atoms with van der Waals surface area (Å²) in [5, 5.41) is 0. The monoisotopic (exact) mass is 233 g/mol. The highest BCUT2D eigenvalue weighted by atomic mass is 16.5. The number of nitrogens with one attached hydrogen (secondary N) is 1. The number of aryl methyl sites for hydroxylation is 1. The molecule has 1 unspecified atom stereocenters. The van der Waals surface area contributed by atoms with Gasteiger partial charge in [-0.3, -0.25) is 0 Å². The highest BCUT2D eigenvalue weighted by Crippen LogP contribution is 2.17. The van der Waals surface area contributed by atoms with Crippen LogP contribution in [-0.2, 0) is 11.2 Å². The SMILES string of the molecule is COC(C)(CN)CCc1nc2ccccc2[nH]1. The zero-order chi connectivity index (χ0) is 12.3. The molecule has 0 aliphatic heterocycles. The Morgan fingerprint density at radius 1 is 1.41 bits per heavy atom. The van der Waals surface area contributed by atoms with Crippen molar-refractivity contribution in [3.05, 3.63) is 30.1 Å². The Labute approximate surface area is 101 Å². The third kappa shape index (κ3) is 2.65. The number of imidazole rings is 1. The van der Waals surface area contributed by atoms with Crippen molar-refractivity contribution in [1.82, 2.24) is 9.97 Å². The molecular formula is C13H19N3O. The minimum absolute atomic E-state index is 0.265. The Morgan fingerprint density at radius 2 is 2.18 bits per heavy atom. The minimum Gasteiger partial charge on any atom is -0.377 e. The van der Waals surface area contributed by atoms with E-state index in [0.717, 1.165) is 29.7 Å². The number of benzene rings is 1. The van der Waals surface area contributed by atoms with E-state index in [-0.39, 0.29) is 5.60 Å². The predicted octanol–water partition coefficient (Wildman–Crippen LogP) is 1.86. The number of methoxy groups -OCH3 is 1. The van der Waals surface area contributed by atoms with Gasteiger partial charge < -0.3 is 15.5 Å². The van der Waals surface area contributed by atoms with E-state index in [1.54, 1.807) is 7.11 Å². The standard InChI is InChI=1S/C13H19N3O/c1-13(9-14,17-2)8-7-12-15-10-5-3-4-6-11(10)16-12/h3-6H,7-9,14H2,1-2H3,(H,15,16). The zero-order valence-corrected chi connectivity index (χ0v) is 10.4. The van der Waals surface area contributed by atoms with Crippen LogP contribution >= 0.6 is 0 Å². The van der Waals surface area contributed by atoms with Crippen molar-refractivity contribution in [3.63, 3.8) is 0 Å². The van der Waals surface area contributed by atoms with E-state index < -0.39 is 0 Å². The number of rotatable bonds is 5. The Kier molecular flexibility index (Phi) is 3.45. The van der Waals surface area contributed by atoms with Gasteiger partial charge in [-0.05, 0) is 25.5 Å². The second kappa shape index (κ2) is 4.85. The fourth-order valence-corrected chi connectivity index (χ4v) is 1.79. The zero-order valence-electron chi connectivity index (χ0n) is 10.4. The summed E-state index contributed by atoms with van der Waals surface area (Å²) < 4.78 is 5.42. The highest BCUT2D eigenvalue weighted by Gasteiger charge is 2.21. The van der Waals surface area contributed by atoms with E-state index >= 15 is 0 Å². The van der Waals surface area contributed by atoms with Crippen molar-refractivity contribution in [3.8, 4) is 0 Å². The summed E-state index contributed by atoms with van der Waals surface area (Å²) >= 11 is 0. The Bertz CT molecular complexity index is 455. The van der Waals surface area contributed by atoms with E-state index in [1.807, 2.05) is 31.2 Å². The molecule has 3 N–H and O–H groups in total. The molecule has 1 aromatic carbocycles. The molecule has 0 bridgehead atoms. The summed E-state index contributed by atoms with van der Waals surface area (Å²) in [7, 11) is 1.70. The average molecular weight is 233 g/mol. The van der Waals surface area contributed by atoms with Gasteiger partial charge in [0.15, 0.2) is 0 Å². The van der Waals surface area contributed by atoms with Crippen molar-refractivity contribution >= 4 is 11.0 Å². The summed E-state index contributed by atoms with van der Waals surface area (Å²) in [4.78, 5) is 7.84. The molecule has 92 valence electrons. The fraction of sp³-hybridized carbons (Fsp3) is 0.462. The summed E-state index contributed by atoms with van der Waals surface area (Å²) in [6.07, 6.45) is 1.70. The molecule has 1 heterocycles.